The normalized spacial score (nSPS) is 19.1. The molecule has 0 spiro atoms. The van der Waals surface area contributed by atoms with Crippen molar-refractivity contribution in [2.24, 2.45) is 5.92 Å². The van der Waals surface area contributed by atoms with Gasteiger partial charge in [0.1, 0.15) is 0 Å². The van der Waals surface area contributed by atoms with Gasteiger partial charge in [-0.1, -0.05) is 48.5 Å². The van der Waals surface area contributed by atoms with Crippen LogP contribution < -0.4 is 0 Å². The third-order valence-electron chi connectivity index (χ3n) is 4.99. The average molecular weight is 347 g/mol. The first-order valence-corrected chi connectivity index (χ1v) is 8.94. The van der Waals surface area contributed by atoms with Crippen LogP contribution in [0.15, 0.2) is 54.6 Å². The Bertz CT molecular complexity index is 666. The zero-order valence-electron chi connectivity index (χ0n) is 14.3. The fourth-order valence-electron chi connectivity index (χ4n) is 3.76. The SMILES string of the molecule is FC(F)(F)c1ccccc1CCN1CCCC(Cc2ccccc2)C1. The van der Waals surface area contributed by atoms with Crippen LogP contribution >= 0.6 is 0 Å². The maximum atomic E-state index is 13.1. The molecule has 1 fully saturated rings. The molecule has 134 valence electrons. The third-order valence-corrected chi connectivity index (χ3v) is 4.99. The number of rotatable bonds is 5. The largest absolute Gasteiger partial charge is 0.416 e. The predicted octanol–water partition coefficient (Wildman–Crippen LogP) is 5.20. The highest BCUT2D eigenvalue weighted by Gasteiger charge is 2.32. The zero-order chi connectivity index (χ0) is 17.7. The molecule has 0 N–H and O–H groups in total. The lowest BCUT2D eigenvalue weighted by molar-refractivity contribution is -0.138. The van der Waals surface area contributed by atoms with Gasteiger partial charge in [-0.2, -0.15) is 13.2 Å². The van der Waals surface area contributed by atoms with Crippen molar-refractivity contribution in [3.8, 4) is 0 Å². The summed E-state index contributed by atoms with van der Waals surface area (Å²) in [6, 6.07) is 16.4. The summed E-state index contributed by atoms with van der Waals surface area (Å²) in [5.74, 6) is 0.592. The highest BCUT2D eigenvalue weighted by atomic mass is 19.4. The minimum atomic E-state index is -4.27. The number of likely N-dealkylation sites (tertiary alicyclic amines) is 1. The Morgan fingerprint density at radius 2 is 1.68 bits per heavy atom. The first kappa shape index (κ1) is 18.0. The standard InChI is InChI=1S/C21H24F3N/c22-21(23,24)20-11-5-4-10-19(20)12-14-25-13-6-9-18(16-25)15-17-7-2-1-3-8-17/h1-5,7-8,10-11,18H,6,9,12-16H2. The van der Waals surface area contributed by atoms with Crippen molar-refractivity contribution in [2.45, 2.75) is 31.9 Å². The second kappa shape index (κ2) is 8.05. The Balaban J connectivity index is 1.57. The van der Waals surface area contributed by atoms with Crippen LogP contribution in [0.5, 0.6) is 0 Å². The van der Waals surface area contributed by atoms with Crippen LogP contribution in [0.4, 0.5) is 13.2 Å². The van der Waals surface area contributed by atoms with Gasteiger partial charge in [0, 0.05) is 13.1 Å². The molecular weight excluding hydrogens is 323 g/mol. The lowest BCUT2D eigenvalue weighted by atomic mass is 9.91. The molecule has 0 bridgehead atoms. The molecule has 1 atom stereocenters. The van der Waals surface area contributed by atoms with E-state index >= 15 is 0 Å². The molecule has 3 rings (SSSR count). The molecule has 1 saturated heterocycles. The molecule has 1 aliphatic heterocycles. The van der Waals surface area contributed by atoms with Crippen molar-refractivity contribution >= 4 is 0 Å². The first-order chi connectivity index (χ1) is 12.0. The van der Waals surface area contributed by atoms with E-state index in [1.54, 1.807) is 12.1 Å². The monoisotopic (exact) mass is 347 g/mol. The van der Waals surface area contributed by atoms with Gasteiger partial charge < -0.3 is 4.90 Å². The molecule has 1 aliphatic rings. The summed E-state index contributed by atoms with van der Waals surface area (Å²) in [4.78, 5) is 2.32. The van der Waals surface area contributed by atoms with Gasteiger partial charge in [-0.05, 0) is 55.3 Å². The zero-order valence-corrected chi connectivity index (χ0v) is 14.3. The lowest BCUT2D eigenvalue weighted by Crippen LogP contribution is -2.37. The smallest absolute Gasteiger partial charge is 0.303 e. The molecule has 1 unspecified atom stereocenters. The number of hydrogen-bond acceptors (Lipinski definition) is 1. The van der Waals surface area contributed by atoms with Crippen LogP contribution in [0, 0.1) is 5.92 Å². The van der Waals surface area contributed by atoms with Crippen molar-refractivity contribution < 1.29 is 13.2 Å². The molecular formula is C21H24F3N. The van der Waals surface area contributed by atoms with Crippen LogP contribution in [0.25, 0.3) is 0 Å². The molecule has 0 aromatic heterocycles. The molecule has 4 heteroatoms. The highest BCUT2D eigenvalue weighted by Crippen LogP contribution is 2.32. The van der Waals surface area contributed by atoms with E-state index in [4.69, 9.17) is 0 Å². The van der Waals surface area contributed by atoms with Crippen molar-refractivity contribution in [3.63, 3.8) is 0 Å². The number of benzene rings is 2. The van der Waals surface area contributed by atoms with Gasteiger partial charge in [-0.15, -0.1) is 0 Å². The predicted molar refractivity (Wildman–Crippen MR) is 94.5 cm³/mol. The maximum absolute atomic E-state index is 13.1. The van der Waals surface area contributed by atoms with Crippen LogP contribution in [0.1, 0.15) is 29.5 Å². The Kier molecular flexibility index (Phi) is 5.79. The quantitative estimate of drug-likeness (QED) is 0.718. The van der Waals surface area contributed by atoms with E-state index < -0.39 is 11.7 Å². The molecule has 0 saturated carbocycles. The van der Waals surface area contributed by atoms with Crippen molar-refractivity contribution in [2.75, 3.05) is 19.6 Å². The second-order valence-electron chi connectivity index (χ2n) is 6.90. The number of nitrogens with zero attached hydrogens (tertiary/aromatic N) is 1. The van der Waals surface area contributed by atoms with Crippen LogP contribution in [0.3, 0.4) is 0 Å². The molecule has 1 nitrogen and oxygen atoms in total. The topological polar surface area (TPSA) is 3.24 Å². The summed E-state index contributed by atoms with van der Waals surface area (Å²) in [5.41, 5.74) is 1.25. The Hall–Kier alpha value is -1.81. The van der Waals surface area contributed by atoms with E-state index in [0.29, 0.717) is 24.4 Å². The Morgan fingerprint density at radius 1 is 0.960 bits per heavy atom. The van der Waals surface area contributed by atoms with Crippen molar-refractivity contribution in [1.82, 2.24) is 4.90 Å². The number of hydrogen-bond donors (Lipinski definition) is 0. The fourth-order valence-corrected chi connectivity index (χ4v) is 3.76. The summed E-state index contributed by atoms with van der Waals surface area (Å²) in [5, 5.41) is 0. The maximum Gasteiger partial charge on any atom is 0.416 e. The summed E-state index contributed by atoms with van der Waals surface area (Å²) < 4.78 is 39.3. The van der Waals surface area contributed by atoms with E-state index in [1.807, 2.05) is 6.07 Å². The molecule has 0 radical (unpaired) electrons. The highest BCUT2D eigenvalue weighted by molar-refractivity contribution is 5.29. The van der Waals surface area contributed by atoms with E-state index in [9.17, 15) is 13.2 Å². The van der Waals surface area contributed by atoms with Crippen molar-refractivity contribution in [1.29, 1.82) is 0 Å². The van der Waals surface area contributed by atoms with Gasteiger partial charge in [0.15, 0.2) is 0 Å². The number of alkyl halides is 3. The number of piperidine rings is 1. The lowest BCUT2D eigenvalue weighted by Gasteiger charge is -2.33. The van der Waals surface area contributed by atoms with Gasteiger partial charge in [-0.25, -0.2) is 0 Å². The van der Waals surface area contributed by atoms with Crippen LogP contribution in [0.2, 0.25) is 0 Å². The Morgan fingerprint density at radius 3 is 2.44 bits per heavy atom. The van der Waals surface area contributed by atoms with Gasteiger partial charge >= 0.3 is 6.18 Å². The van der Waals surface area contributed by atoms with Crippen LogP contribution in [-0.2, 0) is 19.0 Å². The minimum Gasteiger partial charge on any atom is -0.303 e. The van der Waals surface area contributed by atoms with Gasteiger partial charge in [0.2, 0.25) is 0 Å². The second-order valence-corrected chi connectivity index (χ2v) is 6.90. The minimum absolute atomic E-state index is 0.403. The molecule has 2 aromatic carbocycles. The van der Waals surface area contributed by atoms with E-state index in [0.717, 1.165) is 25.9 Å². The molecule has 0 aliphatic carbocycles. The van der Waals surface area contributed by atoms with E-state index in [-0.39, 0.29) is 0 Å². The third kappa shape index (κ3) is 5.08. The Labute approximate surface area is 147 Å². The van der Waals surface area contributed by atoms with E-state index in [1.165, 1.54) is 24.1 Å². The van der Waals surface area contributed by atoms with Crippen LogP contribution in [-0.4, -0.2) is 24.5 Å². The molecule has 2 aromatic rings. The summed E-state index contributed by atoms with van der Waals surface area (Å²) in [7, 11) is 0. The summed E-state index contributed by atoms with van der Waals surface area (Å²) in [6.07, 6.45) is -0.443. The van der Waals surface area contributed by atoms with Gasteiger partial charge in [0.05, 0.1) is 5.56 Å². The molecule has 25 heavy (non-hydrogen) atoms. The van der Waals surface area contributed by atoms with Gasteiger partial charge in [-0.3, -0.25) is 0 Å². The average Bonchev–Trinajstić information content (AvgIpc) is 2.61. The summed E-state index contributed by atoms with van der Waals surface area (Å²) in [6.45, 7) is 2.65. The van der Waals surface area contributed by atoms with E-state index in [2.05, 4.69) is 29.2 Å². The van der Waals surface area contributed by atoms with Gasteiger partial charge in [0.25, 0.3) is 0 Å². The number of halogens is 3. The molecule has 0 amide bonds. The van der Waals surface area contributed by atoms with Crippen molar-refractivity contribution in [3.05, 3.63) is 71.3 Å². The first-order valence-electron chi connectivity index (χ1n) is 8.94. The summed E-state index contributed by atoms with van der Waals surface area (Å²) >= 11 is 0. The molecule has 1 heterocycles. The fraction of sp³-hybridized carbons (Fsp3) is 0.429.